The summed E-state index contributed by atoms with van der Waals surface area (Å²) in [5.41, 5.74) is 0.175. The molecule has 0 aliphatic carbocycles. The standard InChI is InChI=1S/C15H11F3O2/c16-15(17,18)13-7-6-11(8-12(13)9-14(19)20)10-4-2-1-3-5-10/h1-8H,9H2,(H,19,20). The lowest BCUT2D eigenvalue weighted by atomic mass is 9.97. The van der Waals surface area contributed by atoms with E-state index in [-0.39, 0.29) is 5.56 Å². The minimum atomic E-state index is -4.56. The van der Waals surface area contributed by atoms with Gasteiger partial charge >= 0.3 is 12.1 Å². The molecule has 0 aliphatic rings. The minimum Gasteiger partial charge on any atom is -0.481 e. The molecule has 0 unspecified atom stereocenters. The second-order valence-electron chi connectivity index (χ2n) is 4.31. The van der Waals surface area contributed by atoms with Crippen molar-refractivity contribution in [3.63, 3.8) is 0 Å². The minimum absolute atomic E-state index is 0.230. The molecule has 0 saturated heterocycles. The first-order valence-electron chi connectivity index (χ1n) is 5.85. The van der Waals surface area contributed by atoms with Crippen LogP contribution in [0.5, 0.6) is 0 Å². The molecular weight excluding hydrogens is 269 g/mol. The molecule has 0 spiro atoms. The van der Waals surface area contributed by atoms with E-state index >= 15 is 0 Å². The molecule has 0 atom stereocenters. The van der Waals surface area contributed by atoms with Gasteiger partial charge < -0.3 is 5.11 Å². The van der Waals surface area contributed by atoms with Crippen LogP contribution in [-0.2, 0) is 17.4 Å². The van der Waals surface area contributed by atoms with Crippen LogP contribution in [0.3, 0.4) is 0 Å². The van der Waals surface area contributed by atoms with Crippen LogP contribution in [0.2, 0.25) is 0 Å². The predicted octanol–water partition coefficient (Wildman–Crippen LogP) is 4.00. The summed E-state index contributed by atoms with van der Waals surface area (Å²) in [6, 6.07) is 12.4. The molecule has 0 heterocycles. The average molecular weight is 280 g/mol. The molecule has 0 radical (unpaired) electrons. The highest BCUT2D eigenvalue weighted by Crippen LogP contribution is 2.34. The van der Waals surface area contributed by atoms with Crippen LogP contribution in [0, 0.1) is 0 Å². The molecule has 20 heavy (non-hydrogen) atoms. The maximum absolute atomic E-state index is 12.8. The fraction of sp³-hybridized carbons (Fsp3) is 0.133. The summed E-state index contributed by atoms with van der Waals surface area (Å²) in [6.45, 7) is 0. The second-order valence-corrected chi connectivity index (χ2v) is 4.31. The van der Waals surface area contributed by atoms with Crippen molar-refractivity contribution in [3.05, 3.63) is 59.7 Å². The third-order valence-electron chi connectivity index (χ3n) is 2.86. The predicted molar refractivity (Wildman–Crippen MR) is 68.2 cm³/mol. The molecule has 2 rings (SSSR count). The van der Waals surface area contributed by atoms with Gasteiger partial charge in [0.1, 0.15) is 0 Å². The summed E-state index contributed by atoms with van der Waals surface area (Å²) in [4.78, 5) is 10.7. The number of alkyl halides is 3. The van der Waals surface area contributed by atoms with Crippen molar-refractivity contribution in [2.45, 2.75) is 12.6 Å². The molecule has 0 aromatic heterocycles. The summed E-state index contributed by atoms with van der Waals surface area (Å²) in [7, 11) is 0. The van der Waals surface area contributed by atoms with Crippen molar-refractivity contribution in [2.75, 3.05) is 0 Å². The van der Waals surface area contributed by atoms with Crippen LogP contribution >= 0.6 is 0 Å². The zero-order chi connectivity index (χ0) is 14.8. The number of hydrogen-bond acceptors (Lipinski definition) is 1. The van der Waals surface area contributed by atoms with E-state index in [4.69, 9.17) is 5.11 Å². The van der Waals surface area contributed by atoms with Crippen molar-refractivity contribution in [3.8, 4) is 11.1 Å². The molecule has 104 valence electrons. The Kier molecular flexibility index (Phi) is 3.79. The van der Waals surface area contributed by atoms with Gasteiger partial charge in [-0.3, -0.25) is 4.79 Å². The molecule has 0 amide bonds. The number of aliphatic carboxylic acids is 1. The molecule has 0 aliphatic heterocycles. The van der Waals surface area contributed by atoms with Crippen molar-refractivity contribution >= 4 is 5.97 Å². The van der Waals surface area contributed by atoms with E-state index in [9.17, 15) is 18.0 Å². The fourth-order valence-electron chi connectivity index (χ4n) is 1.99. The van der Waals surface area contributed by atoms with Gasteiger partial charge in [-0.1, -0.05) is 36.4 Å². The first-order valence-corrected chi connectivity index (χ1v) is 5.85. The lowest BCUT2D eigenvalue weighted by Gasteiger charge is -2.13. The third kappa shape index (κ3) is 3.17. The van der Waals surface area contributed by atoms with Crippen molar-refractivity contribution in [2.24, 2.45) is 0 Å². The van der Waals surface area contributed by atoms with Gasteiger partial charge in [0.2, 0.25) is 0 Å². The smallest absolute Gasteiger partial charge is 0.416 e. The largest absolute Gasteiger partial charge is 0.481 e. The van der Waals surface area contributed by atoms with Crippen LogP contribution in [0.15, 0.2) is 48.5 Å². The Morgan fingerprint density at radius 2 is 1.65 bits per heavy atom. The first kappa shape index (κ1) is 14.1. The zero-order valence-corrected chi connectivity index (χ0v) is 10.3. The molecule has 1 N–H and O–H groups in total. The molecule has 5 heteroatoms. The van der Waals surface area contributed by atoms with Gasteiger partial charge in [0.05, 0.1) is 12.0 Å². The number of benzene rings is 2. The van der Waals surface area contributed by atoms with Crippen LogP contribution in [-0.4, -0.2) is 11.1 Å². The molecular formula is C15H11F3O2. The fourth-order valence-corrected chi connectivity index (χ4v) is 1.99. The summed E-state index contributed by atoms with van der Waals surface area (Å²) >= 11 is 0. The van der Waals surface area contributed by atoms with Crippen molar-refractivity contribution in [1.82, 2.24) is 0 Å². The lowest BCUT2D eigenvalue weighted by molar-refractivity contribution is -0.139. The van der Waals surface area contributed by atoms with E-state index in [2.05, 4.69) is 0 Å². The number of carboxylic acid groups (broad SMARTS) is 1. The van der Waals surface area contributed by atoms with Gasteiger partial charge in [-0.2, -0.15) is 13.2 Å². The molecule has 2 aromatic carbocycles. The number of carbonyl (C=O) groups is 1. The topological polar surface area (TPSA) is 37.3 Å². The number of halogens is 3. The summed E-state index contributed by atoms with van der Waals surface area (Å²) in [6.07, 6.45) is -5.21. The van der Waals surface area contributed by atoms with E-state index in [1.165, 1.54) is 12.1 Å². The number of hydrogen-bond donors (Lipinski definition) is 1. The van der Waals surface area contributed by atoms with Gasteiger partial charge in [0.15, 0.2) is 0 Å². The number of carboxylic acids is 1. The Labute approximate surface area is 113 Å². The van der Waals surface area contributed by atoms with Gasteiger partial charge in [-0.05, 0) is 28.8 Å². The molecule has 2 nitrogen and oxygen atoms in total. The monoisotopic (exact) mass is 280 g/mol. The second kappa shape index (κ2) is 5.36. The van der Waals surface area contributed by atoms with Crippen LogP contribution in [0.1, 0.15) is 11.1 Å². The van der Waals surface area contributed by atoms with Crippen molar-refractivity contribution in [1.29, 1.82) is 0 Å². The van der Waals surface area contributed by atoms with E-state index in [0.717, 1.165) is 11.6 Å². The van der Waals surface area contributed by atoms with Crippen LogP contribution < -0.4 is 0 Å². The molecule has 0 bridgehead atoms. The summed E-state index contributed by atoms with van der Waals surface area (Å²) in [5, 5.41) is 8.75. The summed E-state index contributed by atoms with van der Waals surface area (Å²) in [5.74, 6) is -1.29. The van der Waals surface area contributed by atoms with E-state index < -0.39 is 24.1 Å². The Morgan fingerprint density at radius 3 is 2.20 bits per heavy atom. The molecule has 0 saturated carbocycles. The molecule has 0 fully saturated rings. The quantitative estimate of drug-likeness (QED) is 0.922. The SMILES string of the molecule is O=C(O)Cc1cc(-c2ccccc2)ccc1C(F)(F)F. The Balaban J connectivity index is 2.51. The number of rotatable bonds is 3. The van der Waals surface area contributed by atoms with Gasteiger partial charge in [-0.25, -0.2) is 0 Å². The van der Waals surface area contributed by atoms with Gasteiger partial charge in [0, 0.05) is 0 Å². The maximum atomic E-state index is 12.8. The average Bonchev–Trinajstić information content (AvgIpc) is 2.37. The Hall–Kier alpha value is -2.30. The summed E-state index contributed by atoms with van der Waals surface area (Å²) < 4.78 is 38.5. The van der Waals surface area contributed by atoms with Gasteiger partial charge in [-0.15, -0.1) is 0 Å². The highest BCUT2D eigenvalue weighted by Gasteiger charge is 2.33. The van der Waals surface area contributed by atoms with Crippen LogP contribution in [0.25, 0.3) is 11.1 Å². The normalized spacial score (nSPS) is 11.3. The third-order valence-corrected chi connectivity index (χ3v) is 2.86. The Morgan fingerprint density at radius 1 is 1.00 bits per heavy atom. The van der Waals surface area contributed by atoms with E-state index in [1.54, 1.807) is 30.3 Å². The highest BCUT2D eigenvalue weighted by atomic mass is 19.4. The van der Waals surface area contributed by atoms with E-state index in [0.29, 0.717) is 5.56 Å². The van der Waals surface area contributed by atoms with Crippen molar-refractivity contribution < 1.29 is 23.1 Å². The first-order chi connectivity index (χ1) is 9.38. The zero-order valence-electron chi connectivity index (χ0n) is 10.3. The lowest BCUT2D eigenvalue weighted by Crippen LogP contribution is -2.12. The highest BCUT2D eigenvalue weighted by molar-refractivity contribution is 5.73. The van der Waals surface area contributed by atoms with Gasteiger partial charge in [0.25, 0.3) is 0 Å². The van der Waals surface area contributed by atoms with E-state index in [1.807, 2.05) is 0 Å². The maximum Gasteiger partial charge on any atom is 0.416 e. The van der Waals surface area contributed by atoms with Crippen LogP contribution in [0.4, 0.5) is 13.2 Å². The molecule has 2 aromatic rings. The Bertz CT molecular complexity index is 619.